The molecule has 0 bridgehead atoms. The highest BCUT2D eigenvalue weighted by Gasteiger charge is 2.11. The lowest BCUT2D eigenvalue weighted by Crippen LogP contribution is -2.25. The van der Waals surface area contributed by atoms with Crippen molar-refractivity contribution in [2.45, 2.75) is 32.1 Å². The Morgan fingerprint density at radius 2 is 1.90 bits per heavy atom. The Labute approximate surface area is 117 Å². The van der Waals surface area contributed by atoms with Gasteiger partial charge < -0.3 is 16.2 Å². The van der Waals surface area contributed by atoms with Crippen molar-refractivity contribution in [2.75, 3.05) is 12.3 Å². The molecule has 0 saturated heterocycles. The maximum atomic E-state index is 13.2. The fourth-order valence-corrected chi connectivity index (χ4v) is 1.79. The number of nitrogens with one attached hydrogen (secondary N) is 1. The van der Waals surface area contributed by atoms with Crippen molar-refractivity contribution >= 4 is 17.6 Å². The molecule has 0 unspecified atom stereocenters. The van der Waals surface area contributed by atoms with Crippen LogP contribution in [0.5, 0.6) is 0 Å². The van der Waals surface area contributed by atoms with Crippen molar-refractivity contribution in [3.63, 3.8) is 0 Å². The molecule has 1 amide bonds. The Hall–Kier alpha value is -2.11. The number of hydrogen-bond donors (Lipinski definition) is 3. The van der Waals surface area contributed by atoms with Crippen LogP contribution in [0.2, 0.25) is 0 Å². The number of aliphatic carboxylic acids is 1. The van der Waals surface area contributed by atoms with Gasteiger partial charge in [-0.2, -0.15) is 0 Å². The lowest BCUT2D eigenvalue weighted by Gasteiger charge is -2.07. The van der Waals surface area contributed by atoms with E-state index in [9.17, 15) is 14.0 Å². The first-order valence-corrected chi connectivity index (χ1v) is 6.56. The van der Waals surface area contributed by atoms with Crippen molar-refractivity contribution in [1.82, 2.24) is 5.32 Å². The smallest absolute Gasteiger partial charge is 0.303 e. The lowest BCUT2D eigenvalue weighted by atomic mass is 10.1. The predicted octanol–water partition coefficient (Wildman–Crippen LogP) is 2.17. The topological polar surface area (TPSA) is 92.4 Å². The fraction of sp³-hybridized carbons (Fsp3) is 0.429. The zero-order valence-corrected chi connectivity index (χ0v) is 11.2. The zero-order valence-electron chi connectivity index (χ0n) is 11.2. The largest absolute Gasteiger partial charge is 0.481 e. The number of para-hydroxylation sites is 1. The van der Waals surface area contributed by atoms with Crippen LogP contribution in [0.15, 0.2) is 18.2 Å². The molecule has 4 N–H and O–H groups in total. The van der Waals surface area contributed by atoms with E-state index in [4.69, 9.17) is 10.8 Å². The number of amides is 1. The Kier molecular flexibility index (Phi) is 6.49. The molecule has 1 rings (SSSR count). The third-order valence-corrected chi connectivity index (χ3v) is 2.90. The van der Waals surface area contributed by atoms with E-state index in [2.05, 4.69) is 5.32 Å². The van der Waals surface area contributed by atoms with Crippen LogP contribution in [0.25, 0.3) is 0 Å². The molecular formula is C14H19FN2O3. The normalized spacial score (nSPS) is 10.2. The van der Waals surface area contributed by atoms with Crippen LogP contribution in [-0.2, 0) is 4.79 Å². The van der Waals surface area contributed by atoms with E-state index in [1.807, 2.05) is 0 Å². The minimum absolute atomic E-state index is 0.135. The molecule has 0 fully saturated rings. The van der Waals surface area contributed by atoms with E-state index in [0.29, 0.717) is 13.0 Å². The van der Waals surface area contributed by atoms with E-state index in [-0.39, 0.29) is 17.7 Å². The first-order valence-electron chi connectivity index (χ1n) is 6.56. The molecule has 0 radical (unpaired) electrons. The van der Waals surface area contributed by atoms with Crippen LogP contribution < -0.4 is 11.1 Å². The summed E-state index contributed by atoms with van der Waals surface area (Å²) in [7, 11) is 0. The number of carbonyl (C=O) groups excluding carboxylic acids is 1. The maximum Gasteiger partial charge on any atom is 0.303 e. The second kappa shape index (κ2) is 8.14. The summed E-state index contributed by atoms with van der Waals surface area (Å²) in [5, 5.41) is 11.1. The van der Waals surface area contributed by atoms with Gasteiger partial charge in [-0.3, -0.25) is 9.59 Å². The molecule has 110 valence electrons. The molecular weight excluding hydrogens is 263 g/mol. The summed E-state index contributed by atoms with van der Waals surface area (Å²) in [6.45, 7) is 0.460. The minimum atomic E-state index is -0.792. The number of nitrogens with two attached hydrogens (primary N) is 1. The molecule has 0 spiro atoms. The summed E-state index contributed by atoms with van der Waals surface area (Å²) in [6.07, 6.45) is 3.21. The standard InChI is InChI=1S/C14H19FN2O3/c15-11-7-5-6-10(13(11)16)14(20)17-9-4-2-1-3-8-12(18)19/h5-7H,1-4,8-9,16H2,(H,17,20)(H,18,19). The molecule has 0 aromatic heterocycles. The quantitative estimate of drug-likeness (QED) is 0.503. The molecule has 0 aliphatic carbocycles. The number of halogens is 1. The lowest BCUT2D eigenvalue weighted by molar-refractivity contribution is -0.137. The number of hydrogen-bond acceptors (Lipinski definition) is 3. The van der Waals surface area contributed by atoms with Gasteiger partial charge in [-0.1, -0.05) is 18.9 Å². The van der Waals surface area contributed by atoms with Gasteiger partial charge in [0.1, 0.15) is 5.82 Å². The van der Waals surface area contributed by atoms with Crippen molar-refractivity contribution in [3.05, 3.63) is 29.6 Å². The Bertz CT molecular complexity index is 477. The van der Waals surface area contributed by atoms with Crippen molar-refractivity contribution < 1.29 is 19.1 Å². The highest BCUT2D eigenvalue weighted by molar-refractivity contribution is 5.99. The summed E-state index contributed by atoms with van der Waals surface area (Å²) in [4.78, 5) is 22.1. The van der Waals surface area contributed by atoms with Crippen LogP contribution in [0, 0.1) is 5.82 Å². The summed E-state index contributed by atoms with van der Waals surface area (Å²) >= 11 is 0. The van der Waals surface area contributed by atoms with Crippen molar-refractivity contribution in [2.24, 2.45) is 0 Å². The number of anilines is 1. The molecule has 0 heterocycles. The molecule has 1 aromatic carbocycles. The third kappa shape index (κ3) is 5.26. The molecule has 0 aliphatic heterocycles. The maximum absolute atomic E-state index is 13.2. The average molecular weight is 282 g/mol. The van der Waals surface area contributed by atoms with Crippen LogP contribution in [0.3, 0.4) is 0 Å². The van der Waals surface area contributed by atoms with Gasteiger partial charge >= 0.3 is 5.97 Å². The number of carboxylic acid groups (broad SMARTS) is 1. The van der Waals surface area contributed by atoms with Gasteiger partial charge in [0, 0.05) is 13.0 Å². The van der Waals surface area contributed by atoms with Crippen LogP contribution in [0.1, 0.15) is 42.5 Å². The Morgan fingerprint density at radius 1 is 1.20 bits per heavy atom. The molecule has 0 saturated carbocycles. The summed E-state index contributed by atoms with van der Waals surface area (Å²) in [6, 6.07) is 4.11. The van der Waals surface area contributed by atoms with E-state index >= 15 is 0 Å². The molecule has 20 heavy (non-hydrogen) atoms. The van der Waals surface area contributed by atoms with Gasteiger partial charge in [0.15, 0.2) is 0 Å². The zero-order chi connectivity index (χ0) is 15.0. The Morgan fingerprint density at radius 3 is 2.60 bits per heavy atom. The molecule has 0 aliphatic rings. The fourth-order valence-electron chi connectivity index (χ4n) is 1.79. The number of benzene rings is 1. The van der Waals surface area contributed by atoms with Gasteiger partial charge in [-0.15, -0.1) is 0 Å². The van der Waals surface area contributed by atoms with E-state index < -0.39 is 17.7 Å². The molecule has 1 aromatic rings. The summed E-state index contributed by atoms with van der Waals surface area (Å²) in [5.74, 6) is -1.79. The second-order valence-corrected chi connectivity index (χ2v) is 4.51. The second-order valence-electron chi connectivity index (χ2n) is 4.51. The first kappa shape index (κ1) is 15.9. The van der Waals surface area contributed by atoms with Crippen molar-refractivity contribution in [1.29, 1.82) is 0 Å². The van der Waals surface area contributed by atoms with E-state index in [0.717, 1.165) is 19.3 Å². The van der Waals surface area contributed by atoms with Crippen LogP contribution in [-0.4, -0.2) is 23.5 Å². The molecule has 5 nitrogen and oxygen atoms in total. The minimum Gasteiger partial charge on any atom is -0.481 e. The van der Waals surface area contributed by atoms with Crippen LogP contribution >= 0.6 is 0 Å². The number of rotatable bonds is 8. The summed E-state index contributed by atoms with van der Waals surface area (Å²) < 4.78 is 13.2. The highest BCUT2D eigenvalue weighted by Crippen LogP contribution is 2.15. The number of unbranched alkanes of at least 4 members (excludes halogenated alkanes) is 3. The molecule has 6 heteroatoms. The van der Waals surface area contributed by atoms with Crippen LogP contribution in [0.4, 0.5) is 10.1 Å². The predicted molar refractivity (Wildman–Crippen MR) is 73.9 cm³/mol. The highest BCUT2D eigenvalue weighted by atomic mass is 19.1. The van der Waals surface area contributed by atoms with Gasteiger partial charge in [-0.25, -0.2) is 4.39 Å². The molecule has 0 atom stereocenters. The van der Waals surface area contributed by atoms with Gasteiger partial charge in [-0.05, 0) is 25.0 Å². The monoisotopic (exact) mass is 282 g/mol. The SMILES string of the molecule is Nc1c(F)cccc1C(=O)NCCCCCCC(=O)O. The van der Waals surface area contributed by atoms with E-state index in [1.165, 1.54) is 18.2 Å². The number of carboxylic acids is 1. The van der Waals surface area contributed by atoms with Crippen molar-refractivity contribution in [3.8, 4) is 0 Å². The van der Waals surface area contributed by atoms with Gasteiger partial charge in [0.05, 0.1) is 11.3 Å². The van der Waals surface area contributed by atoms with Gasteiger partial charge in [0.2, 0.25) is 0 Å². The van der Waals surface area contributed by atoms with E-state index in [1.54, 1.807) is 0 Å². The first-order chi connectivity index (χ1) is 9.52. The number of nitrogen functional groups attached to an aromatic ring is 1. The van der Waals surface area contributed by atoms with Gasteiger partial charge in [0.25, 0.3) is 5.91 Å². The Balaban J connectivity index is 2.24. The summed E-state index contributed by atoms with van der Waals surface area (Å²) in [5.41, 5.74) is 5.48. The average Bonchev–Trinajstić information content (AvgIpc) is 2.40. The number of carbonyl (C=O) groups is 2. The third-order valence-electron chi connectivity index (χ3n) is 2.90.